The van der Waals surface area contributed by atoms with Gasteiger partial charge in [-0.3, -0.25) is 4.79 Å². The lowest BCUT2D eigenvalue weighted by atomic mass is 9.74. The number of carbonyl (C=O) groups is 1. The third kappa shape index (κ3) is 4.06. The van der Waals surface area contributed by atoms with Crippen molar-refractivity contribution >= 4 is 17.6 Å². The van der Waals surface area contributed by atoms with Crippen LogP contribution >= 0.6 is 0 Å². The highest BCUT2D eigenvalue weighted by molar-refractivity contribution is 6.04. The van der Waals surface area contributed by atoms with Crippen molar-refractivity contribution in [2.24, 2.45) is 16.6 Å². The molecule has 0 spiro atoms. The van der Waals surface area contributed by atoms with Crippen LogP contribution in [0, 0.1) is 18.7 Å². The Hall–Kier alpha value is -3.61. The first kappa shape index (κ1) is 24.1. The number of pyridine rings is 1. The second kappa shape index (κ2) is 8.80. The maximum Gasteiger partial charge on any atom is 0.433 e. The number of nitrogens with two attached hydrogens (primary N) is 1. The van der Waals surface area contributed by atoms with E-state index in [1.54, 1.807) is 0 Å². The number of nitrogens with one attached hydrogen (secondary N) is 1. The molecule has 1 fully saturated rings. The molecule has 1 saturated heterocycles. The molecule has 3 aliphatic rings. The van der Waals surface area contributed by atoms with E-state index in [1.807, 2.05) is 0 Å². The van der Waals surface area contributed by atoms with Crippen LogP contribution in [-0.4, -0.2) is 55.6 Å². The fourth-order valence-electron chi connectivity index (χ4n) is 4.75. The summed E-state index contributed by atoms with van der Waals surface area (Å²) < 4.78 is 77.2. The van der Waals surface area contributed by atoms with Gasteiger partial charge in [0.05, 0.1) is 25.3 Å². The van der Waals surface area contributed by atoms with Crippen molar-refractivity contribution in [2.45, 2.75) is 31.1 Å². The van der Waals surface area contributed by atoms with E-state index in [9.17, 15) is 18.0 Å². The lowest BCUT2D eigenvalue weighted by Crippen LogP contribution is -2.54. The van der Waals surface area contributed by atoms with Crippen molar-refractivity contribution in [1.29, 1.82) is 0 Å². The molecule has 3 aliphatic heterocycles. The monoisotopic (exact) mass is 510 g/mol. The molecule has 3 atom stereocenters. The second-order valence-corrected chi connectivity index (χ2v) is 8.74. The van der Waals surface area contributed by atoms with Crippen molar-refractivity contribution < 1.29 is 41.3 Å². The lowest BCUT2D eigenvalue weighted by molar-refractivity contribution is -0.209. The summed E-state index contributed by atoms with van der Waals surface area (Å²) in [5.74, 6) is -2.45. The summed E-state index contributed by atoms with van der Waals surface area (Å²) in [7, 11) is 0. The minimum atomic E-state index is -3.51. The Morgan fingerprint density at radius 2 is 2.14 bits per heavy atom. The van der Waals surface area contributed by atoms with Crippen molar-refractivity contribution in [1.82, 2.24) is 4.98 Å². The van der Waals surface area contributed by atoms with Gasteiger partial charge in [-0.15, -0.1) is 0 Å². The number of nitrogens with zero attached hydrogens (tertiary/aromatic N) is 2. The molecule has 4 heterocycles. The number of carbonyl (C=O) groups excluding carboxylic acids is 1. The highest BCUT2D eigenvalue weighted by Crippen LogP contribution is 2.45. The van der Waals surface area contributed by atoms with Crippen molar-refractivity contribution in [3.63, 3.8) is 0 Å². The number of anilines is 1. The van der Waals surface area contributed by atoms with Crippen LogP contribution in [0.5, 0.6) is 11.5 Å². The number of halogens is 4. The number of hydrogen-bond donors (Lipinski definition) is 2. The third-order valence-electron chi connectivity index (χ3n) is 6.47. The van der Waals surface area contributed by atoms with E-state index in [0.29, 0.717) is 13.0 Å². The normalized spacial score (nSPS) is 26.3. The molecule has 1 aromatic carbocycles. The number of fused-ring (bicyclic) bond motifs is 2. The first-order valence-electron chi connectivity index (χ1n) is 11.1. The SMILES string of the molecule is Cc1c(C(=O)Nc2ccc(F)c([C@@]3(CF)N=C(N)O[C@@H]4CCOC[C@@H]43)c2)ncc2c1OCC(F)(F)O2. The number of rotatable bonds is 4. The highest BCUT2D eigenvalue weighted by Gasteiger charge is 2.52. The van der Waals surface area contributed by atoms with Gasteiger partial charge >= 0.3 is 6.11 Å². The molecular formula is C23H22F4N4O5. The van der Waals surface area contributed by atoms with Crippen molar-refractivity contribution in [2.75, 3.05) is 31.8 Å². The molecule has 36 heavy (non-hydrogen) atoms. The summed E-state index contributed by atoms with van der Waals surface area (Å²) in [6, 6.07) is 3.38. The quantitative estimate of drug-likeness (QED) is 0.608. The molecule has 0 radical (unpaired) electrons. The molecule has 3 N–H and O–H groups in total. The van der Waals surface area contributed by atoms with E-state index in [1.165, 1.54) is 19.1 Å². The number of amidine groups is 1. The minimum Gasteiger partial charge on any atom is -0.479 e. The zero-order valence-corrected chi connectivity index (χ0v) is 19.0. The molecule has 0 saturated carbocycles. The lowest BCUT2D eigenvalue weighted by Gasteiger charge is -2.45. The number of benzene rings is 1. The topological polar surface area (TPSA) is 117 Å². The van der Waals surface area contributed by atoms with Crippen LogP contribution in [0.2, 0.25) is 0 Å². The van der Waals surface area contributed by atoms with Crippen LogP contribution in [0.4, 0.5) is 23.2 Å². The number of hydrogen-bond acceptors (Lipinski definition) is 8. The zero-order chi connectivity index (χ0) is 25.7. The van der Waals surface area contributed by atoms with E-state index < -0.39 is 48.7 Å². The molecule has 1 amide bonds. The number of amides is 1. The number of aromatic nitrogens is 1. The molecule has 0 aliphatic carbocycles. The summed E-state index contributed by atoms with van der Waals surface area (Å²) in [5.41, 5.74) is 4.16. The average Bonchev–Trinajstić information content (AvgIpc) is 2.84. The van der Waals surface area contributed by atoms with Gasteiger partial charge in [0, 0.05) is 23.2 Å². The summed E-state index contributed by atoms with van der Waals surface area (Å²) in [6.07, 6.45) is -2.63. The van der Waals surface area contributed by atoms with E-state index in [-0.39, 0.29) is 46.6 Å². The van der Waals surface area contributed by atoms with Crippen LogP contribution in [0.15, 0.2) is 29.4 Å². The van der Waals surface area contributed by atoms with E-state index >= 15 is 4.39 Å². The predicted octanol–water partition coefficient (Wildman–Crippen LogP) is 3.06. The van der Waals surface area contributed by atoms with E-state index in [2.05, 4.69) is 20.0 Å². The third-order valence-corrected chi connectivity index (χ3v) is 6.47. The first-order chi connectivity index (χ1) is 17.1. The van der Waals surface area contributed by atoms with Gasteiger partial charge in [0.1, 0.15) is 29.8 Å². The zero-order valence-electron chi connectivity index (χ0n) is 19.0. The summed E-state index contributed by atoms with van der Waals surface area (Å²) >= 11 is 0. The average molecular weight is 510 g/mol. The Kier molecular flexibility index (Phi) is 5.89. The summed E-state index contributed by atoms with van der Waals surface area (Å²) in [4.78, 5) is 21.1. The van der Waals surface area contributed by atoms with Gasteiger partial charge in [-0.1, -0.05) is 0 Å². The van der Waals surface area contributed by atoms with Gasteiger partial charge < -0.3 is 30.0 Å². The molecule has 13 heteroatoms. The van der Waals surface area contributed by atoms with Gasteiger partial charge in [0.25, 0.3) is 11.9 Å². The van der Waals surface area contributed by atoms with Crippen molar-refractivity contribution in [3.05, 3.63) is 47.0 Å². The van der Waals surface area contributed by atoms with Crippen LogP contribution in [0.1, 0.15) is 28.0 Å². The Bertz CT molecular complexity index is 1240. The predicted molar refractivity (Wildman–Crippen MR) is 117 cm³/mol. The minimum absolute atomic E-state index is 0.0346. The van der Waals surface area contributed by atoms with Crippen LogP contribution < -0.4 is 20.5 Å². The van der Waals surface area contributed by atoms with Gasteiger partial charge in [-0.2, -0.15) is 8.78 Å². The van der Waals surface area contributed by atoms with E-state index in [0.717, 1.165) is 12.3 Å². The largest absolute Gasteiger partial charge is 0.479 e. The second-order valence-electron chi connectivity index (χ2n) is 8.74. The van der Waals surface area contributed by atoms with Crippen molar-refractivity contribution in [3.8, 4) is 11.5 Å². The molecule has 0 unspecified atom stereocenters. The van der Waals surface area contributed by atoms with Gasteiger partial charge in [-0.05, 0) is 25.1 Å². The Morgan fingerprint density at radius 3 is 2.92 bits per heavy atom. The smallest absolute Gasteiger partial charge is 0.433 e. The number of alkyl halides is 3. The van der Waals surface area contributed by atoms with Gasteiger partial charge in [-0.25, -0.2) is 18.8 Å². The Labute approximate surface area is 202 Å². The molecule has 9 nitrogen and oxygen atoms in total. The van der Waals surface area contributed by atoms with Gasteiger partial charge in [0.15, 0.2) is 18.1 Å². The van der Waals surface area contributed by atoms with Gasteiger partial charge in [0.2, 0.25) is 0 Å². The Balaban J connectivity index is 1.46. The van der Waals surface area contributed by atoms with Crippen LogP contribution in [0.3, 0.4) is 0 Å². The molecule has 0 bridgehead atoms. The Morgan fingerprint density at radius 1 is 1.33 bits per heavy atom. The molecule has 1 aromatic heterocycles. The number of aliphatic imine (C=N–C) groups is 1. The van der Waals surface area contributed by atoms with Crippen LogP contribution in [0.25, 0.3) is 0 Å². The molecule has 5 rings (SSSR count). The molecular weight excluding hydrogens is 488 g/mol. The maximum absolute atomic E-state index is 15.1. The molecule has 2 aromatic rings. The van der Waals surface area contributed by atoms with Crippen LogP contribution in [-0.2, 0) is 15.0 Å². The molecule has 192 valence electrons. The number of ether oxygens (including phenoxy) is 4. The first-order valence-corrected chi connectivity index (χ1v) is 11.1. The fourth-order valence-corrected chi connectivity index (χ4v) is 4.75. The highest BCUT2D eigenvalue weighted by atomic mass is 19.3. The summed E-state index contributed by atoms with van der Waals surface area (Å²) in [5, 5.41) is 2.58. The standard InChI is InChI=1S/C23H22F4N4O5/c1-11-18(29-7-17-19(11)34-10-23(26,27)36-17)20(32)30-12-2-3-15(25)13(6-12)22(9-24)14-8-33-5-4-16(14)35-21(28)31-22/h2-3,6-7,14,16H,4-5,8-10H2,1H3,(H2,28,31)(H,30,32)/t14-,16+,22+/m0/s1. The fraction of sp³-hybridized carbons (Fsp3) is 0.435. The van der Waals surface area contributed by atoms with E-state index in [4.69, 9.17) is 19.9 Å². The summed E-state index contributed by atoms with van der Waals surface area (Å²) in [6.45, 7) is -0.165. The maximum atomic E-state index is 15.1.